The Morgan fingerprint density at radius 2 is 1.21 bits per heavy atom. The Morgan fingerprint density at radius 3 is 1.79 bits per heavy atom. The van der Waals surface area contributed by atoms with Gasteiger partial charge in [-0.3, -0.25) is 18.9 Å². The first-order chi connectivity index (χ1) is 22.3. The van der Waals surface area contributed by atoms with E-state index in [1.165, 1.54) is 11.3 Å². The first kappa shape index (κ1) is 33.9. The number of rotatable bonds is 11. The van der Waals surface area contributed by atoms with Crippen LogP contribution >= 0.6 is 18.7 Å². The highest BCUT2D eigenvalue weighted by Gasteiger charge is 2.45. The van der Waals surface area contributed by atoms with Crippen LogP contribution in [0.2, 0.25) is 0 Å². The number of hydrogen-bond donors (Lipinski definition) is 0. The van der Waals surface area contributed by atoms with E-state index in [4.69, 9.17) is 14.0 Å². The highest BCUT2D eigenvalue weighted by Crippen LogP contribution is 2.54. The van der Waals surface area contributed by atoms with Gasteiger partial charge in [0.2, 0.25) is 0 Å². The number of aryl methyl sites for hydroxylation is 6. The Balaban J connectivity index is 1.29. The second kappa shape index (κ2) is 13.7. The molecule has 242 valence electrons. The molecule has 0 N–H and O–H groups in total. The van der Waals surface area contributed by atoms with Crippen LogP contribution in [0.15, 0.2) is 71.5 Å². The topological polar surface area (TPSA) is 113 Å². The van der Waals surface area contributed by atoms with Crippen LogP contribution < -0.4 is 10.2 Å². The molecule has 0 bridgehead atoms. The molecule has 4 aromatic carbocycles. The summed E-state index contributed by atoms with van der Waals surface area (Å²) in [4.78, 5) is 53.4. The Morgan fingerprint density at radius 1 is 0.681 bits per heavy atom. The van der Waals surface area contributed by atoms with Crippen LogP contribution in [0.25, 0.3) is 20.2 Å². The maximum absolute atomic E-state index is 14.5. The summed E-state index contributed by atoms with van der Waals surface area (Å²) < 4.78 is 32.6. The predicted molar refractivity (Wildman–Crippen MR) is 186 cm³/mol. The molecule has 0 atom stereocenters. The van der Waals surface area contributed by atoms with Gasteiger partial charge in [-0.05, 0) is 94.1 Å². The number of benzene rings is 4. The Kier molecular flexibility index (Phi) is 9.92. The fraction of sp³-hybridized carbons (Fsp3) is 0.243. The average Bonchev–Trinajstić information content (AvgIpc) is 3.01. The number of esters is 1. The molecule has 0 radical (unpaired) electrons. The van der Waals surface area contributed by atoms with E-state index in [-0.39, 0.29) is 23.2 Å². The first-order valence-electron chi connectivity index (χ1n) is 15.0. The lowest BCUT2D eigenvalue weighted by Crippen LogP contribution is -2.21. The molecule has 47 heavy (non-hydrogen) atoms. The van der Waals surface area contributed by atoms with Gasteiger partial charge in [0.25, 0.3) is 11.0 Å². The molecule has 0 aliphatic rings. The molecule has 5 aromatic rings. The summed E-state index contributed by atoms with van der Waals surface area (Å²) in [6.07, 6.45) is 0. The van der Waals surface area contributed by atoms with Crippen LogP contribution in [0.5, 0.6) is 5.75 Å². The van der Waals surface area contributed by atoms with Crippen molar-refractivity contribution in [2.75, 3.05) is 19.8 Å². The van der Waals surface area contributed by atoms with Crippen LogP contribution in [0.3, 0.4) is 0 Å². The minimum Gasteiger partial charge on any atom is -0.482 e. The molecule has 5 rings (SSSR count). The molecule has 0 fully saturated rings. The molecule has 8 nitrogen and oxygen atoms in total. The van der Waals surface area contributed by atoms with Gasteiger partial charge in [0.1, 0.15) is 12.4 Å². The summed E-state index contributed by atoms with van der Waals surface area (Å²) in [5.74, 6) is -0.432. The normalized spacial score (nSPS) is 11.5. The van der Waals surface area contributed by atoms with Gasteiger partial charge in [-0.2, -0.15) is 0 Å². The molecule has 10 heteroatoms. The number of ether oxygens (including phenoxy) is 2. The Bertz CT molecular complexity index is 2060. The monoisotopic (exact) mass is 670 g/mol. The first-order valence-corrected chi connectivity index (χ1v) is 17.5. The van der Waals surface area contributed by atoms with E-state index in [0.717, 1.165) is 20.5 Å². The van der Waals surface area contributed by atoms with Gasteiger partial charge in [0.05, 0.1) is 6.61 Å². The van der Waals surface area contributed by atoms with E-state index in [1.807, 2.05) is 32.0 Å². The minimum absolute atomic E-state index is 0.125. The molecule has 1 aromatic heterocycles. The van der Waals surface area contributed by atoms with E-state index in [0.29, 0.717) is 38.8 Å². The quantitative estimate of drug-likeness (QED) is 0.0599. The van der Waals surface area contributed by atoms with Crippen molar-refractivity contribution in [3.8, 4) is 5.75 Å². The van der Waals surface area contributed by atoms with Gasteiger partial charge in [-0.25, -0.2) is 4.79 Å². The molecule has 0 spiro atoms. The summed E-state index contributed by atoms with van der Waals surface area (Å²) in [5.41, 5.74) is 2.59. The van der Waals surface area contributed by atoms with E-state index in [2.05, 4.69) is 0 Å². The molecule has 1 heterocycles. The maximum Gasteiger partial charge on any atom is 0.344 e. The summed E-state index contributed by atoms with van der Waals surface area (Å²) >= 11 is 1.49. The summed E-state index contributed by atoms with van der Waals surface area (Å²) in [6, 6.07) is 19.5. The second-order valence-electron chi connectivity index (χ2n) is 11.6. The lowest BCUT2D eigenvalue weighted by atomic mass is 10.0. The molecular formula is C37H35O8PS. The highest BCUT2D eigenvalue weighted by molar-refractivity contribution is 7.91. The lowest BCUT2D eigenvalue weighted by Gasteiger charge is -2.21. The Labute approximate surface area is 276 Å². The second-order valence-corrected chi connectivity index (χ2v) is 14.9. The van der Waals surface area contributed by atoms with Crippen molar-refractivity contribution in [3.63, 3.8) is 0 Å². The zero-order chi connectivity index (χ0) is 34.0. The largest absolute Gasteiger partial charge is 0.482 e. The third-order valence-corrected chi connectivity index (χ3v) is 11.1. The van der Waals surface area contributed by atoms with Gasteiger partial charge in [-0.15, -0.1) is 11.3 Å². The van der Waals surface area contributed by atoms with Crippen LogP contribution in [0, 0.1) is 41.5 Å². The SMILES string of the molecule is Cc1cc(C)c(C(=O)P(=O)(OCCOC(=O)COc2ccc3sc4ccccc4c(=O)c3c2)C(=O)c2c(C)cc(C)cc2C)c(C)c1. The van der Waals surface area contributed by atoms with Crippen molar-refractivity contribution < 1.29 is 32.9 Å². The molecule has 0 saturated carbocycles. The zero-order valence-electron chi connectivity index (χ0n) is 27.1. The number of hydrogen-bond acceptors (Lipinski definition) is 9. The third-order valence-electron chi connectivity index (χ3n) is 7.84. The van der Waals surface area contributed by atoms with Crippen LogP contribution in [-0.2, 0) is 18.6 Å². The average molecular weight is 671 g/mol. The van der Waals surface area contributed by atoms with Crippen LogP contribution in [-0.4, -0.2) is 36.8 Å². The fourth-order valence-electron chi connectivity index (χ4n) is 5.92. The fourth-order valence-corrected chi connectivity index (χ4v) is 9.01. The van der Waals surface area contributed by atoms with Gasteiger partial charge >= 0.3 is 13.3 Å². The smallest absolute Gasteiger partial charge is 0.344 e. The molecule has 0 saturated heterocycles. The van der Waals surface area contributed by atoms with Crippen molar-refractivity contribution in [2.45, 2.75) is 41.5 Å². The van der Waals surface area contributed by atoms with Gasteiger partial charge in [-0.1, -0.05) is 47.5 Å². The molecule has 0 unspecified atom stereocenters. The van der Waals surface area contributed by atoms with Crippen molar-refractivity contribution in [1.82, 2.24) is 0 Å². The summed E-state index contributed by atoms with van der Waals surface area (Å²) in [7, 11) is -4.68. The highest BCUT2D eigenvalue weighted by atomic mass is 32.1. The molecule has 0 amide bonds. The lowest BCUT2D eigenvalue weighted by molar-refractivity contribution is -0.146. The van der Waals surface area contributed by atoms with Crippen LogP contribution in [0.4, 0.5) is 0 Å². The van der Waals surface area contributed by atoms with E-state index in [1.54, 1.807) is 76.2 Å². The number of carbonyl (C=O) groups excluding carboxylic acids is 3. The van der Waals surface area contributed by atoms with E-state index >= 15 is 0 Å². The van der Waals surface area contributed by atoms with E-state index < -0.39 is 37.6 Å². The van der Waals surface area contributed by atoms with Crippen molar-refractivity contribution >= 4 is 55.9 Å². The van der Waals surface area contributed by atoms with Crippen LogP contribution in [0.1, 0.15) is 54.1 Å². The minimum atomic E-state index is -4.68. The molecule has 0 aliphatic heterocycles. The zero-order valence-corrected chi connectivity index (χ0v) is 28.8. The van der Waals surface area contributed by atoms with Gasteiger partial charge in [0, 0.05) is 31.3 Å². The van der Waals surface area contributed by atoms with Gasteiger partial charge < -0.3 is 14.0 Å². The summed E-state index contributed by atoms with van der Waals surface area (Å²) in [6.45, 7) is 9.37. The third kappa shape index (κ3) is 6.98. The number of fused-ring (bicyclic) bond motifs is 2. The van der Waals surface area contributed by atoms with E-state index in [9.17, 15) is 23.7 Å². The van der Waals surface area contributed by atoms with Crippen molar-refractivity contribution in [1.29, 1.82) is 0 Å². The molecular weight excluding hydrogens is 635 g/mol. The Hall–Kier alpha value is -4.43. The van der Waals surface area contributed by atoms with Crippen molar-refractivity contribution in [3.05, 3.63) is 121 Å². The summed E-state index contributed by atoms with van der Waals surface area (Å²) in [5, 5.41) is 1.09. The predicted octanol–water partition coefficient (Wildman–Crippen LogP) is 8.16. The standard InChI is InChI=1S/C37H35O8PS/c1-21-15-23(3)33(24(4)16-21)36(40)46(42,37(41)34-25(5)17-22(2)18-26(34)6)45-14-13-43-32(38)20-44-27-11-12-31-29(19-27)35(39)28-9-7-8-10-30(28)47-31/h7-12,15-19H,13-14,20H2,1-6H3. The maximum atomic E-state index is 14.5. The van der Waals surface area contributed by atoms with Gasteiger partial charge in [0.15, 0.2) is 12.0 Å². The molecule has 0 aliphatic carbocycles. The van der Waals surface area contributed by atoms with Crippen molar-refractivity contribution in [2.24, 2.45) is 0 Å². The number of carbonyl (C=O) groups is 3.